The summed E-state index contributed by atoms with van der Waals surface area (Å²) < 4.78 is 22.9. The molecule has 1 fully saturated rings. The van der Waals surface area contributed by atoms with Crippen molar-refractivity contribution in [3.8, 4) is 0 Å². The molecule has 0 aromatic heterocycles. The van der Waals surface area contributed by atoms with Crippen molar-refractivity contribution in [2.45, 2.75) is 269 Å². The van der Waals surface area contributed by atoms with Gasteiger partial charge >= 0.3 is 5.97 Å². The molecule has 1 saturated heterocycles. The highest BCUT2D eigenvalue weighted by Gasteiger charge is 2.44. The minimum absolute atomic E-state index is 0.116. The lowest BCUT2D eigenvalue weighted by atomic mass is 9.99. The van der Waals surface area contributed by atoms with Crippen molar-refractivity contribution in [2.24, 2.45) is 0 Å². The molecule has 6 unspecified atom stereocenters. The van der Waals surface area contributed by atoms with E-state index in [0.29, 0.717) is 13.0 Å². The van der Waals surface area contributed by atoms with Crippen LogP contribution < -0.4 is 0 Å². The van der Waals surface area contributed by atoms with Gasteiger partial charge in [-0.25, -0.2) is 0 Å². The normalized spacial score (nSPS) is 19.8. The first-order valence-electron chi connectivity index (χ1n) is 27.4. The third-order valence-electron chi connectivity index (χ3n) is 12.4. The Morgan fingerprint density at radius 1 is 0.500 bits per heavy atom. The van der Waals surface area contributed by atoms with Crippen LogP contribution in [0.25, 0.3) is 0 Å². The molecule has 0 aliphatic carbocycles. The van der Waals surface area contributed by atoms with E-state index in [1.807, 2.05) is 0 Å². The fraction of sp³-hybridized carbons (Fsp3) is 0.807. The number of allylic oxidation sites excluding steroid dienone is 10. The second-order valence-electron chi connectivity index (χ2n) is 18.6. The number of aliphatic hydroxyl groups excluding tert-OH is 4. The number of aliphatic hydroxyl groups is 4. The van der Waals surface area contributed by atoms with Crippen molar-refractivity contribution < 1.29 is 44.2 Å². The molecule has 9 nitrogen and oxygen atoms in total. The monoisotopic (exact) mass is 931 g/mol. The van der Waals surface area contributed by atoms with Crippen LogP contribution in [0, 0.1) is 0 Å². The van der Waals surface area contributed by atoms with Crippen LogP contribution in [-0.2, 0) is 23.7 Å². The van der Waals surface area contributed by atoms with Gasteiger partial charge in [0.1, 0.15) is 30.5 Å². The molecule has 0 spiro atoms. The molecule has 0 bridgehead atoms. The van der Waals surface area contributed by atoms with Gasteiger partial charge in [0.15, 0.2) is 6.29 Å². The first-order chi connectivity index (χ1) is 32.4. The molecule has 1 aliphatic heterocycles. The molecule has 9 heteroatoms. The van der Waals surface area contributed by atoms with Gasteiger partial charge in [-0.2, -0.15) is 0 Å². The van der Waals surface area contributed by atoms with Gasteiger partial charge in [0, 0.05) is 13.0 Å². The zero-order valence-electron chi connectivity index (χ0n) is 42.4. The third kappa shape index (κ3) is 37.8. The van der Waals surface area contributed by atoms with Crippen molar-refractivity contribution in [3.05, 3.63) is 60.8 Å². The van der Waals surface area contributed by atoms with Crippen molar-refractivity contribution in [2.75, 3.05) is 26.4 Å². The molecule has 384 valence electrons. The zero-order valence-corrected chi connectivity index (χ0v) is 42.4. The molecule has 4 N–H and O–H groups in total. The smallest absolute Gasteiger partial charge is 0.306 e. The van der Waals surface area contributed by atoms with E-state index in [0.717, 1.165) is 57.8 Å². The van der Waals surface area contributed by atoms with E-state index in [9.17, 15) is 25.2 Å². The minimum atomic E-state index is -1.54. The van der Waals surface area contributed by atoms with Gasteiger partial charge in [0.2, 0.25) is 0 Å². The van der Waals surface area contributed by atoms with E-state index in [2.05, 4.69) is 74.6 Å². The van der Waals surface area contributed by atoms with Gasteiger partial charge < -0.3 is 39.4 Å². The van der Waals surface area contributed by atoms with Crippen LogP contribution in [0.15, 0.2) is 60.8 Å². The molecular weight excluding hydrogens is 829 g/mol. The Morgan fingerprint density at radius 2 is 0.924 bits per heavy atom. The Labute approximate surface area is 405 Å². The summed E-state index contributed by atoms with van der Waals surface area (Å²) in [6.07, 6.45) is 55.4. The number of unbranched alkanes of at least 4 members (excludes halogenated alkanes) is 26. The van der Waals surface area contributed by atoms with Crippen molar-refractivity contribution in [1.82, 2.24) is 0 Å². The Balaban J connectivity index is 2.17. The molecular formula is C57H102O9. The van der Waals surface area contributed by atoms with Crippen LogP contribution in [0.4, 0.5) is 0 Å². The standard InChI is InChI=1S/C57H102O9/c1-3-5-7-9-11-13-15-17-19-21-23-24-25-26-27-28-29-30-32-34-36-38-40-42-44-46-53(59)65-51(50-64-57-56(62)55(61)54(60)52(48-58)66-57)49-63-47-45-43-41-39-37-35-33-31-22-20-18-16-14-12-10-8-6-4-2/h5,7,11,13,17-20,23-24,51-52,54-58,60-62H,3-4,6,8-10,12,14-16,21-22,25-50H2,1-2H3/b7-5-,13-11-,19-17-,20-18-,24-23-. The Bertz CT molecular complexity index is 1200. The van der Waals surface area contributed by atoms with E-state index in [1.54, 1.807) is 0 Å². The summed E-state index contributed by atoms with van der Waals surface area (Å²) in [6.45, 7) is 4.46. The SMILES string of the molecule is CC/C=C\C/C=C\C/C=C\C/C=C\CCCCCCCCCCCCCCC(=O)OC(COCCCCCCCCCC/C=C\CCCCCCCC)COC1OC(CO)C(O)C(O)C1O. The van der Waals surface area contributed by atoms with E-state index < -0.39 is 43.4 Å². The predicted octanol–water partition coefficient (Wildman–Crippen LogP) is 13.8. The third-order valence-corrected chi connectivity index (χ3v) is 12.4. The van der Waals surface area contributed by atoms with Gasteiger partial charge in [0.05, 0.1) is 19.8 Å². The molecule has 1 heterocycles. The van der Waals surface area contributed by atoms with Crippen molar-refractivity contribution in [3.63, 3.8) is 0 Å². The minimum Gasteiger partial charge on any atom is -0.457 e. The van der Waals surface area contributed by atoms with Gasteiger partial charge in [-0.3, -0.25) is 4.79 Å². The van der Waals surface area contributed by atoms with Crippen LogP contribution in [0.5, 0.6) is 0 Å². The lowest BCUT2D eigenvalue weighted by Gasteiger charge is -2.39. The van der Waals surface area contributed by atoms with Gasteiger partial charge in [-0.1, -0.05) is 209 Å². The predicted molar refractivity (Wildman–Crippen MR) is 274 cm³/mol. The van der Waals surface area contributed by atoms with Crippen LogP contribution >= 0.6 is 0 Å². The van der Waals surface area contributed by atoms with E-state index >= 15 is 0 Å². The molecule has 0 saturated carbocycles. The summed E-state index contributed by atoms with van der Waals surface area (Å²) in [5.74, 6) is -0.316. The molecule has 6 atom stereocenters. The molecule has 1 rings (SSSR count). The molecule has 1 aliphatic rings. The lowest BCUT2D eigenvalue weighted by molar-refractivity contribution is -0.305. The first kappa shape index (κ1) is 61.9. The molecule has 0 amide bonds. The number of hydrogen-bond acceptors (Lipinski definition) is 9. The number of carbonyl (C=O) groups is 1. The highest BCUT2D eigenvalue weighted by Crippen LogP contribution is 2.23. The quantitative estimate of drug-likeness (QED) is 0.0267. The van der Waals surface area contributed by atoms with Crippen molar-refractivity contribution in [1.29, 1.82) is 0 Å². The molecule has 0 aromatic carbocycles. The number of ether oxygens (including phenoxy) is 4. The van der Waals surface area contributed by atoms with Gasteiger partial charge in [0.25, 0.3) is 0 Å². The maximum absolute atomic E-state index is 12.9. The number of carbonyl (C=O) groups excluding carboxylic acids is 1. The van der Waals surface area contributed by atoms with Gasteiger partial charge in [-0.15, -0.1) is 0 Å². The first-order valence-corrected chi connectivity index (χ1v) is 27.4. The highest BCUT2D eigenvalue weighted by atomic mass is 16.7. The summed E-state index contributed by atoms with van der Waals surface area (Å²) in [6, 6.07) is 0. The van der Waals surface area contributed by atoms with Crippen LogP contribution in [-0.4, -0.2) is 89.6 Å². The fourth-order valence-corrected chi connectivity index (χ4v) is 8.19. The summed E-state index contributed by atoms with van der Waals surface area (Å²) in [4.78, 5) is 12.9. The fourth-order valence-electron chi connectivity index (χ4n) is 8.19. The van der Waals surface area contributed by atoms with Crippen LogP contribution in [0.2, 0.25) is 0 Å². The maximum Gasteiger partial charge on any atom is 0.306 e. The molecule has 0 aromatic rings. The largest absolute Gasteiger partial charge is 0.457 e. The highest BCUT2D eigenvalue weighted by molar-refractivity contribution is 5.69. The van der Waals surface area contributed by atoms with Crippen LogP contribution in [0.3, 0.4) is 0 Å². The van der Waals surface area contributed by atoms with E-state index in [4.69, 9.17) is 18.9 Å². The summed E-state index contributed by atoms with van der Waals surface area (Å²) >= 11 is 0. The Hall–Kier alpha value is -2.11. The topological polar surface area (TPSA) is 135 Å². The van der Waals surface area contributed by atoms with E-state index in [1.165, 1.54) is 154 Å². The number of hydrogen-bond donors (Lipinski definition) is 4. The average Bonchev–Trinajstić information content (AvgIpc) is 3.32. The Morgan fingerprint density at radius 3 is 1.41 bits per heavy atom. The summed E-state index contributed by atoms with van der Waals surface area (Å²) in [7, 11) is 0. The van der Waals surface area contributed by atoms with E-state index in [-0.39, 0.29) is 19.2 Å². The number of esters is 1. The second kappa shape index (κ2) is 47.9. The summed E-state index contributed by atoms with van der Waals surface area (Å²) in [5.41, 5.74) is 0. The molecule has 0 radical (unpaired) electrons. The average molecular weight is 931 g/mol. The van der Waals surface area contributed by atoms with Crippen LogP contribution in [0.1, 0.15) is 232 Å². The number of rotatable bonds is 47. The maximum atomic E-state index is 12.9. The Kier molecular flexibility index (Phi) is 45.0. The lowest BCUT2D eigenvalue weighted by Crippen LogP contribution is -2.59. The molecule has 66 heavy (non-hydrogen) atoms. The van der Waals surface area contributed by atoms with Crippen molar-refractivity contribution >= 4 is 5.97 Å². The van der Waals surface area contributed by atoms with Gasteiger partial charge in [-0.05, 0) is 77.0 Å². The second-order valence-corrected chi connectivity index (χ2v) is 18.6. The summed E-state index contributed by atoms with van der Waals surface area (Å²) in [5, 5.41) is 40.3. The zero-order chi connectivity index (χ0) is 47.8.